The second-order valence-electron chi connectivity index (χ2n) is 3.54. The molecule has 0 bridgehead atoms. The smallest absolute Gasteiger partial charge is 0.202 e. The van der Waals surface area contributed by atoms with E-state index in [1.807, 2.05) is 48.7 Å². The molecule has 2 aromatic rings. The van der Waals surface area contributed by atoms with Crippen molar-refractivity contribution < 1.29 is 4.79 Å². The average molecular weight is 251 g/mol. The van der Waals surface area contributed by atoms with Crippen LogP contribution in [0.15, 0.2) is 41.8 Å². The van der Waals surface area contributed by atoms with Crippen molar-refractivity contribution in [2.75, 3.05) is 0 Å². The van der Waals surface area contributed by atoms with Gasteiger partial charge in [0.25, 0.3) is 0 Å². The van der Waals surface area contributed by atoms with Gasteiger partial charge >= 0.3 is 0 Å². The van der Waals surface area contributed by atoms with Crippen molar-refractivity contribution in [1.29, 1.82) is 0 Å². The first-order valence-corrected chi connectivity index (χ1v) is 6.32. The summed E-state index contributed by atoms with van der Waals surface area (Å²) in [4.78, 5) is 12.7. The molecule has 1 aromatic carbocycles. The highest BCUT2D eigenvalue weighted by molar-refractivity contribution is 7.12. The molecule has 0 amide bonds. The summed E-state index contributed by atoms with van der Waals surface area (Å²) >= 11 is 7.41. The van der Waals surface area contributed by atoms with E-state index in [0.29, 0.717) is 5.56 Å². The summed E-state index contributed by atoms with van der Waals surface area (Å²) in [6.07, 6.45) is 0. The zero-order chi connectivity index (χ0) is 11.5. The standard InChI is InChI=1S/C13H11ClOS/c1-9(14)10-4-6-11(7-5-10)13(15)12-3-2-8-16-12/h2-9H,1H3. The minimum absolute atomic E-state index is 0.0223. The van der Waals surface area contributed by atoms with Gasteiger partial charge in [-0.15, -0.1) is 22.9 Å². The highest BCUT2D eigenvalue weighted by Crippen LogP contribution is 2.21. The second-order valence-corrected chi connectivity index (χ2v) is 5.15. The van der Waals surface area contributed by atoms with Crippen LogP contribution in [-0.4, -0.2) is 5.78 Å². The second kappa shape index (κ2) is 4.81. The molecule has 0 aliphatic heterocycles. The molecule has 1 nitrogen and oxygen atoms in total. The third-order valence-corrected chi connectivity index (χ3v) is 3.50. The van der Waals surface area contributed by atoms with Crippen LogP contribution in [0.25, 0.3) is 0 Å². The van der Waals surface area contributed by atoms with Crippen LogP contribution < -0.4 is 0 Å². The van der Waals surface area contributed by atoms with Crippen LogP contribution in [-0.2, 0) is 0 Å². The van der Waals surface area contributed by atoms with E-state index in [1.54, 1.807) is 0 Å². The maximum Gasteiger partial charge on any atom is 0.202 e. The molecule has 1 atom stereocenters. The van der Waals surface area contributed by atoms with Crippen LogP contribution >= 0.6 is 22.9 Å². The van der Waals surface area contributed by atoms with Crippen molar-refractivity contribution in [3.05, 3.63) is 57.8 Å². The molecule has 16 heavy (non-hydrogen) atoms. The van der Waals surface area contributed by atoms with E-state index in [-0.39, 0.29) is 11.2 Å². The summed E-state index contributed by atoms with van der Waals surface area (Å²) in [7, 11) is 0. The van der Waals surface area contributed by atoms with Crippen molar-refractivity contribution in [2.45, 2.75) is 12.3 Å². The summed E-state index contributed by atoms with van der Waals surface area (Å²) in [5, 5.41) is 1.88. The van der Waals surface area contributed by atoms with Gasteiger partial charge in [0.2, 0.25) is 5.78 Å². The van der Waals surface area contributed by atoms with E-state index >= 15 is 0 Å². The molecule has 82 valence electrons. The highest BCUT2D eigenvalue weighted by Gasteiger charge is 2.10. The fourth-order valence-electron chi connectivity index (χ4n) is 1.45. The Hall–Kier alpha value is -1.12. The van der Waals surface area contributed by atoms with Crippen molar-refractivity contribution >= 4 is 28.7 Å². The Morgan fingerprint density at radius 2 is 1.94 bits per heavy atom. The number of alkyl halides is 1. The third kappa shape index (κ3) is 2.34. The molecule has 0 radical (unpaired) electrons. The number of carbonyl (C=O) groups is 1. The summed E-state index contributed by atoms with van der Waals surface area (Å²) < 4.78 is 0. The normalized spacial score (nSPS) is 12.4. The lowest BCUT2D eigenvalue weighted by molar-refractivity contribution is 0.104. The molecule has 3 heteroatoms. The molecule has 2 rings (SSSR count). The lowest BCUT2D eigenvalue weighted by Crippen LogP contribution is -1.98. The zero-order valence-corrected chi connectivity index (χ0v) is 10.4. The van der Waals surface area contributed by atoms with Crippen molar-refractivity contribution in [3.63, 3.8) is 0 Å². The van der Waals surface area contributed by atoms with Gasteiger partial charge in [0, 0.05) is 5.56 Å². The maximum atomic E-state index is 12.0. The molecule has 0 spiro atoms. The Balaban J connectivity index is 2.25. The van der Waals surface area contributed by atoms with Crippen LogP contribution in [0, 0.1) is 0 Å². The van der Waals surface area contributed by atoms with Crippen LogP contribution in [0.2, 0.25) is 0 Å². The SMILES string of the molecule is CC(Cl)c1ccc(C(=O)c2cccs2)cc1. The van der Waals surface area contributed by atoms with E-state index in [0.717, 1.165) is 10.4 Å². The van der Waals surface area contributed by atoms with E-state index in [4.69, 9.17) is 11.6 Å². The lowest BCUT2D eigenvalue weighted by Gasteiger charge is -2.04. The molecule has 0 saturated carbocycles. The van der Waals surface area contributed by atoms with Crippen LogP contribution in [0.5, 0.6) is 0 Å². The van der Waals surface area contributed by atoms with Crippen LogP contribution in [0.1, 0.15) is 33.1 Å². The number of hydrogen-bond acceptors (Lipinski definition) is 2. The summed E-state index contributed by atoms with van der Waals surface area (Å²) in [6.45, 7) is 1.91. The predicted molar refractivity (Wildman–Crippen MR) is 68.5 cm³/mol. The predicted octanol–water partition coefficient (Wildman–Crippen LogP) is 4.28. The minimum atomic E-state index is -0.0223. The van der Waals surface area contributed by atoms with Gasteiger partial charge in [0.1, 0.15) is 0 Å². The van der Waals surface area contributed by atoms with Crippen LogP contribution in [0.4, 0.5) is 0 Å². The molecule has 0 fully saturated rings. The van der Waals surface area contributed by atoms with Gasteiger partial charge in [0.05, 0.1) is 10.3 Å². The molecule has 1 aromatic heterocycles. The minimum Gasteiger partial charge on any atom is -0.288 e. The fourth-order valence-corrected chi connectivity index (χ4v) is 2.28. The Kier molecular flexibility index (Phi) is 3.42. The van der Waals surface area contributed by atoms with Gasteiger partial charge in [-0.25, -0.2) is 0 Å². The summed E-state index contributed by atoms with van der Waals surface area (Å²) in [5.74, 6) is 0.0729. The van der Waals surface area contributed by atoms with Gasteiger partial charge in [0.15, 0.2) is 0 Å². The first-order chi connectivity index (χ1) is 7.68. The first kappa shape index (κ1) is 11.4. The lowest BCUT2D eigenvalue weighted by atomic mass is 10.1. The molecule has 0 aliphatic rings. The van der Waals surface area contributed by atoms with Gasteiger partial charge in [-0.3, -0.25) is 4.79 Å². The van der Waals surface area contributed by atoms with Gasteiger partial charge in [-0.2, -0.15) is 0 Å². The largest absolute Gasteiger partial charge is 0.288 e. The number of rotatable bonds is 3. The number of halogens is 1. The molecule has 0 aliphatic carbocycles. The number of ketones is 1. The average Bonchev–Trinajstić information content (AvgIpc) is 2.81. The molecular weight excluding hydrogens is 240 g/mol. The van der Waals surface area contributed by atoms with Crippen molar-refractivity contribution in [3.8, 4) is 0 Å². The Labute approximate surface area is 104 Å². The molecule has 0 saturated heterocycles. The monoisotopic (exact) mass is 250 g/mol. The van der Waals surface area contributed by atoms with Crippen LogP contribution in [0.3, 0.4) is 0 Å². The number of thiophene rings is 1. The quantitative estimate of drug-likeness (QED) is 0.587. The summed E-state index contributed by atoms with van der Waals surface area (Å²) in [6, 6.07) is 11.2. The van der Waals surface area contributed by atoms with Gasteiger partial charge < -0.3 is 0 Å². The Morgan fingerprint density at radius 3 is 2.44 bits per heavy atom. The maximum absolute atomic E-state index is 12.0. The van der Waals surface area contributed by atoms with E-state index in [9.17, 15) is 4.79 Å². The van der Waals surface area contributed by atoms with E-state index in [2.05, 4.69) is 0 Å². The molecule has 0 N–H and O–H groups in total. The Morgan fingerprint density at radius 1 is 1.25 bits per heavy atom. The van der Waals surface area contributed by atoms with Crippen molar-refractivity contribution in [2.24, 2.45) is 0 Å². The van der Waals surface area contributed by atoms with E-state index < -0.39 is 0 Å². The topological polar surface area (TPSA) is 17.1 Å². The first-order valence-electron chi connectivity index (χ1n) is 5.00. The molecule has 1 unspecified atom stereocenters. The highest BCUT2D eigenvalue weighted by atomic mass is 35.5. The third-order valence-electron chi connectivity index (χ3n) is 2.38. The summed E-state index contributed by atoms with van der Waals surface area (Å²) in [5.41, 5.74) is 1.74. The Bertz CT molecular complexity index is 471. The molecule has 1 heterocycles. The number of hydrogen-bond donors (Lipinski definition) is 0. The van der Waals surface area contributed by atoms with Gasteiger partial charge in [-0.05, 0) is 23.9 Å². The van der Waals surface area contributed by atoms with Gasteiger partial charge in [-0.1, -0.05) is 30.3 Å². The zero-order valence-electron chi connectivity index (χ0n) is 8.81. The van der Waals surface area contributed by atoms with Crippen molar-refractivity contribution in [1.82, 2.24) is 0 Å². The number of carbonyl (C=O) groups excluding carboxylic acids is 1. The van der Waals surface area contributed by atoms with E-state index in [1.165, 1.54) is 11.3 Å². The fraction of sp³-hybridized carbons (Fsp3) is 0.154. The number of benzene rings is 1. The molecular formula is C13H11ClOS.